The second-order valence-corrected chi connectivity index (χ2v) is 0. The maximum Gasteiger partial charge on any atom is 3.00 e. The molecule has 0 fully saturated rings. The third-order valence-corrected chi connectivity index (χ3v) is 0. The SMILES string of the molecule is [Al+3].[B-].[Li+].[Na+]. The van der Waals surface area contributed by atoms with Gasteiger partial charge in [0.25, 0.3) is 0 Å². The molecule has 0 aliphatic rings. The van der Waals surface area contributed by atoms with Crippen LogP contribution in [-0.4, -0.2) is 25.8 Å². The van der Waals surface area contributed by atoms with Crippen molar-refractivity contribution in [3.05, 3.63) is 0 Å². The molecular formula is AlBLiNa+4. The Morgan fingerprint density at radius 2 is 1.00 bits per heavy atom. The maximum absolute atomic E-state index is 0. The zero-order valence-corrected chi connectivity index (χ0v) is 6.31. The molecule has 0 aliphatic heterocycles. The molecule has 0 spiro atoms. The Hall–Kier alpha value is 2.19. The summed E-state index contributed by atoms with van der Waals surface area (Å²) in [7, 11) is 0. The van der Waals surface area contributed by atoms with E-state index in [1.54, 1.807) is 0 Å². The van der Waals surface area contributed by atoms with Gasteiger partial charge in [0, 0.05) is 0 Å². The summed E-state index contributed by atoms with van der Waals surface area (Å²) in [6.07, 6.45) is 0. The van der Waals surface area contributed by atoms with E-state index < -0.39 is 0 Å². The molecule has 0 bridgehead atoms. The molecule has 4 radical (unpaired) electrons. The quantitative estimate of drug-likeness (QED) is 0.247. The van der Waals surface area contributed by atoms with Crippen LogP contribution in [0.2, 0.25) is 0 Å². The van der Waals surface area contributed by atoms with E-state index in [-0.39, 0.29) is 74.2 Å². The van der Waals surface area contributed by atoms with Crippen molar-refractivity contribution in [2.75, 3.05) is 0 Å². The van der Waals surface area contributed by atoms with Gasteiger partial charge in [0.2, 0.25) is 0 Å². The second kappa shape index (κ2) is 19.0. The molecule has 0 aliphatic carbocycles. The van der Waals surface area contributed by atoms with E-state index in [4.69, 9.17) is 0 Å². The summed E-state index contributed by atoms with van der Waals surface area (Å²) in [6.45, 7) is 0. The summed E-state index contributed by atoms with van der Waals surface area (Å²) in [6, 6.07) is 0. The van der Waals surface area contributed by atoms with E-state index in [1.165, 1.54) is 0 Å². The minimum Gasteiger partial charge on any atom is -1.00 e. The maximum atomic E-state index is 0. The van der Waals surface area contributed by atoms with Gasteiger partial charge >= 0.3 is 65.8 Å². The van der Waals surface area contributed by atoms with Gasteiger partial charge in [0.05, 0.1) is 0 Å². The van der Waals surface area contributed by atoms with E-state index in [1.807, 2.05) is 0 Å². The van der Waals surface area contributed by atoms with Crippen LogP contribution in [0.25, 0.3) is 0 Å². The molecule has 0 unspecified atom stereocenters. The van der Waals surface area contributed by atoms with Crippen molar-refractivity contribution in [2.24, 2.45) is 0 Å². The minimum absolute atomic E-state index is 0. The Balaban J connectivity index is 0. The third-order valence-electron chi connectivity index (χ3n) is 0. The zero-order valence-electron chi connectivity index (χ0n) is 3.15. The van der Waals surface area contributed by atoms with Gasteiger partial charge < -0.3 is 8.41 Å². The molecule has 0 nitrogen and oxygen atoms in total. The molecule has 0 saturated carbocycles. The van der Waals surface area contributed by atoms with Gasteiger partial charge in [-0.1, -0.05) is 0 Å². The molecule has 0 amide bonds. The van der Waals surface area contributed by atoms with Gasteiger partial charge in [-0.15, -0.1) is 0 Å². The average molecular weight is 67.7 g/mol. The van der Waals surface area contributed by atoms with Gasteiger partial charge in [-0.05, 0) is 0 Å². The Morgan fingerprint density at radius 1 is 1.00 bits per heavy atom. The summed E-state index contributed by atoms with van der Waals surface area (Å²) in [4.78, 5) is 0. The standard InChI is InChI=1S/Al.B.Li.Na/q+3;-1;2*+1. The normalized spacial score (nSPS) is 0. The van der Waals surface area contributed by atoms with Gasteiger partial charge in [-0.2, -0.15) is 0 Å². The van der Waals surface area contributed by atoms with Crippen molar-refractivity contribution in [3.63, 3.8) is 0 Å². The molecule has 4 heavy (non-hydrogen) atoms. The first-order valence-corrected chi connectivity index (χ1v) is 0. The molecular weight excluding hydrogens is 67.7 g/mol. The molecule has 0 aromatic heterocycles. The number of rotatable bonds is 0. The van der Waals surface area contributed by atoms with E-state index in [2.05, 4.69) is 0 Å². The van der Waals surface area contributed by atoms with E-state index in [0.717, 1.165) is 0 Å². The Morgan fingerprint density at radius 3 is 1.00 bits per heavy atom. The fourth-order valence-corrected chi connectivity index (χ4v) is 0. The first kappa shape index (κ1) is 34.7. The third kappa shape index (κ3) is 8.89. The second-order valence-electron chi connectivity index (χ2n) is 0. The Labute approximate surface area is 73.3 Å². The van der Waals surface area contributed by atoms with Crippen LogP contribution >= 0.6 is 0 Å². The summed E-state index contributed by atoms with van der Waals surface area (Å²) in [5.74, 6) is 0. The van der Waals surface area contributed by atoms with Crippen molar-refractivity contribution >= 4 is 25.8 Å². The van der Waals surface area contributed by atoms with Crippen molar-refractivity contribution in [2.45, 2.75) is 0 Å². The van der Waals surface area contributed by atoms with Gasteiger partial charge in [0.15, 0.2) is 0 Å². The van der Waals surface area contributed by atoms with Crippen LogP contribution in [0.1, 0.15) is 0 Å². The zero-order chi connectivity index (χ0) is 0. The molecule has 0 atom stereocenters. The van der Waals surface area contributed by atoms with Crippen molar-refractivity contribution in [1.29, 1.82) is 0 Å². The van der Waals surface area contributed by atoms with Crippen LogP contribution < -0.4 is 48.4 Å². The van der Waals surface area contributed by atoms with Gasteiger partial charge in [-0.25, -0.2) is 0 Å². The average Bonchev–Trinajstić information content (AvgIpc) is 0. The molecule has 0 aromatic carbocycles. The van der Waals surface area contributed by atoms with Crippen LogP contribution in [0.5, 0.6) is 0 Å². The van der Waals surface area contributed by atoms with Crippen LogP contribution in [0.15, 0.2) is 0 Å². The molecule has 0 saturated heterocycles. The van der Waals surface area contributed by atoms with Crippen molar-refractivity contribution in [1.82, 2.24) is 0 Å². The predicted molar refractivity (Wildman–Crippen MR) is 11.5 cm³/mol. The van der Waals surface area contributed by atoms with E-state index in [9.17, 15) is 0 Å². The molecule has 0 heterocycles. The number of hydrogen-bond acceptors (Lipinski definition) is 0. The predicted octanol–water partition coefficient (Wildman–Crippen LogP) is -6.75. The topological polar surface area (TPSA) is 0 Å². The van der Waals surface area contributed by atoms with Crippen molar-refractivity contribution < 1.29 is 48.4 Å². The molecule has 4 heteroatoms. The largest absolute Gasteiger partial charge is 3.00 e. The van der Waals surface area contributed by atoms with Gasteiger partial charge in [0.1, 0.15) is 0 Å². The van der Waals surface area contributed by atoms with E-state index in [0.29, 0.717) is 0 Å². The molecule has 0 N–H and O–H groups in total. The monoisotopic (exact) mass is 68.0 g/mol. The first-order valence-electron chi connectivity index (χ1n) is 0. The Bertz CT molecular complexity index is 8.00. The fourth-order valence-electron chi connectivity index (χ4n) is 0. The summed E-state index contributed by atoms with van der Waals surface area (Å²) >= 11 is 0. The molecule has 0 aromatic rings. The summed E-state index contributed by atoms with van der Waals surface area (Å²) in [5.41, 5.74) is 0. The molecule has 4 valence electrons. The summed E-state index contributed by atoms with van der Waals surface area (Å²) in [5, 5.41) is 0. The van der Waals surface area contributed by atoms with E-state index >= 15 is 0 Å². The van der Waals surface area contributed by atoms with Crippen LogP contribution in [0, 0.1) is 0 Å². The summed E-state index contributed by atoms with van der Waals surface area (Å²) < 4.78 is 0. The molecule has 0 rings (SSSR count). The smallest absolute Gasteiger partial charge is 1.00 e. The van der Waals surface area contributed by atoms with Crippen LogP contribution in [-0.2, 0) is 0 Å². The van der Waals surface area contributed by atoms with Crippen LogP contribution in [0.4, 0.5) is 0 Å². The van der Waals surface area contributed by atoms with Crippen LogP contribution in [0.3, 0.4) is 0 Å². The minimum atomic E-state index is 0. The number of hydrogen-bond donors (Lipinski definition) is 0. The fraction of sp³-hybridized carbons (Fsp3) is 0. The first-order chi connectivity index (χ1) is 0. The van der Waals surface area contributed by atoms with Gasteiger partial charge in [-0.3, -0.25) is 0 Å². The Kier molecular flexibility index (Phi) is 165. The van der Waals surface area contributed by atoms with Crippen molar-refractivity contribution in [3.8, 4) is 0 Å².